The number of rotatable bonds is 6. The van der Waals surface area contributed by atoms with Crippen LogP contribution in [0.25, 0.3) is 16.8 Å². The Morgan fingerprint density at radius 1 is 0.941 bits per heavy atom. The van der Waals surface area contributed by atoms with E-state index in [0.717, 1.165) is 16.5 Å². The molecule has 1 aliphatic rings. The quantitative estimate of drug-likeness (QED) is 0.241. The van der Waals surface area contributed by atoms with Crippen molar-refractivity contribution in [2.24, 2.45) is 4.99 Å². The molecule has 1 heterocycles. The third kappa shape index (κ3) is 4.51. The lowest BCUT2D eigenvalue weighted by molar-refractivity contribution is -0.129. The number of nitrogens with zero attached hydrogens (tertiary/aromatic N) is 1. The highest BCUT2D eigenvalue weighted by Gasteiger charge is 2.24. The Bertz CT molecular complexity index is 1440. The van der Waals surface area contributed by atoms with Gasteiger partial charge in [0.1, 0.15) is 6.61 Å². The lowest BCUT2D eigenvalue weighted by atomic mass is 10.1. The van der Waals surface area contributed by atoms with E-state index in [0.29, 0.717) is 28.7 Å². The van der Waals surface area contributed by atoms with Gasteiger partial charge in [0.2, 0.25) is 5.90 Å². The molecule has 0 aromatic heterocycles. The molecule has 0 saturated heterocycles. The smallest absolute Gasteiger partial charge is 0.363 e. The van der Waals surface area contributed by atoms with Crippen LogP contribution in [0.15, 0.2) is 95.6 Å². The van der Waals surface area contributed by atoms with Crippen LogP contribution in [0.4, 0.5) is 0 Å². The molecule has 0 saturated carbocycles. The average molecular weight is 470 g/mol. The van der Waals surface area contributed by atoms with Crippen LogP contribution >= 0.6 is 11.6 Å². The van der Waals surface area contributed by atoms with Gasteiger partial charge in [0.15, 0.2) is 17.2 Å². The predicted molar refractivity (Wildman–Crippen MR) is 133 cm³/mol. The SMILES string of the molecule is COc1cc(C=C2N=C(c3ccc(Cl)cc3)OC2=O)ccc1OCc1cccc2ccccc12. The third-order valence-corrected chi connectivity index (χ3v) is 5.72. The normalized spacial score (nSPS) is 14.2. The molecule has 4 aromatic carbocycles. The van der Waals surface area contributed by atoms with Crippen LogP contribution in [0.3, 0.4) is 0 Å². The molecule has 0 amide bonds. The maximum atomic E-state index is 12.3. The second-order valence-electron chi connectivity index (χ2n) is 7.68. The molecular formula is C28H20ClNO4. The number of hydrogen-bond donors (Lipinski definition) is 0. The van der Waals surface area contributed by atoms with Crippen molar-refractivity contribution in [2.75, 3.05) is 7.11 Å². The largest absolute Gasteiger partial charge is 0.493 e. The fourth-order valence-electron chi connectivity index (χ4n) is 3.75. The van der Waals surface area contributed by atoms with Gasteiger partial charge >= 0.3 is 5.97 Å². The van der Waals surface area contributed by atoms with Gasteiger partial charge in [0.05, 0.1) is 7.11 Å². The molecule has 0 bridgehead atoms. The molecule has 0 radical (unpaired) electrons. The van der Waals surface area contributed by atoms with Crippen molar-refractivity contribution in [3.63, 3.8) is 0 Å². The van der Waals surface area contributed by atoms with E-state index in [2.05, 4.69) is 29.3 Å². The minimum Gasteiger partial charge on any atom is -0.493 e. The molecule has 0 spiro atoms. The van der Waals surface area contributed by atoms with Crippen LogP contribution in [-0.4, -0.2) is 19.0 Å². The molecule has 168 valence electrons. The number of cyclic esters (lactones) is 1. The van der Waals surface area contributed by atoms with Crippen LogP contribution in [-0.2, 0) is 16.1 Å². The molecule has 0 fully saturated rings. The number of esters is 1. The van der Waals surface area contributed by atoms with E-state index >= 15 is 0 Å². The van der Waals surface area contributed by atoms with Crippen molar-refractivity contribution in [2.45, 2.75) is 6.61 Å². The van der Waals surface area contributed by atoms with Gasteiger partial charge in [0, 0.05) is 10.6 Å². The van der Waals surface area contributed by atoms with Gasteiger partial charge < -0.3 is 14.2 Å². The van der Waals surface area contributed by atoms with E-state index in [9.17, 15) is 4.79 Å². The fraction of sp³-hybridized carbons (Fsp3) is 0.0714. The maximum Gasteiger partial charge on any atom is 0.363 e. The van der Waals surface area contributed by atoms with Gasteiger partial charge in [-0.1, -0.05) is 60.1 Å². The van der Waals surface area contributed by atoms with E-state index in [-0.39, 0.29) is 11.6 Å². The van der Waals surface area contributed by atoms with Crippen molar-refractivity contribution < 1.29 is 19.0 Å². The first-order valence-corrected chi connectivity index (χ1v) is 11.0. The van der Waals surface area contributed by atoms with Crippen molar-refractivity contribution >= 4 is 40.3 Å². The molecular weight excluding hydrogens is 450 g/mol. The Balaban J connectivity index is 1.37. The van der Waals surface area contributed by atoms with Gasteiger partial charge in [-0.15, -0.1) is 0 Å². The number of carbonyl (C=O) groups is 1. The van der Waals surface area contributed by atoms with Gasteiger partial charge in [0.25, 0.3) is 0 Å². The monoisotopic (exact) mass is 469 g/mol. The summed E-state index contributed by atoms with van der Waals surface area (Å²) in [6, 6.07) is 26.8. The number of methoxy groups -OCH3 is 1. The summed E-state index contributed by atoms with van der Waals surface area (Å²) in [5, 5.41) is 2.92. The summed E-state index contributed by atoms with van der Waals surface area (Å²) in [6.07, 6.45) is 1.66. The summed E-state index contributed by atoms with van der Waals surface area (Å²) in [4.78, 5) is 16.7. The van der Waals surface area contributed by atoms with Crippen molar-refractivity contribution in [1.82, 2.24) is 0 Å². The Kier molecular flexibility index (Phi) is 6.02. The Morgan fingerprint density at radius 3 is 2.56 bits per heavy atom. The molecule has 1 aliphatic heterocycles. The standard InChI is InChI=1S/C28H20ClNO4/c1-32-26-16-18(15-24-28(31)34-27(30-24)20-10-12-22(29)13-11-20)9-14-25(26)33-17-21-7-4-6-19-5-2-3-8-23(19)21/h2-16H,17H2,1H3. The second-order valence-corrected chi connectivity index (χ2v) is 8.12. The molecule has 5 rings (SSSR count). The second kappa shape index (κ2) is 9.41. The molecule has 6 heteroatoms. The third-order valence-electron chi connectivity index (χ3n) is 5.47. The summed E-state index contributed by atoms with van der Waals surface area (Å²) in [7, 11) is 1.58. The first kappa shape index (κ1) is 21.7. The molecule has 0 N–H and O–H groups in total. The van der Waals surface area contributed by atoms with Crippen LogP contribution in [0.5, 0.6) is 11.5 Å². The molecule has 4 aromatic rings. The number of fused-ring (bicyclic) bond motifs is 1. The Labute approximate surface area is 201 Å². The lowest BCUT2D eigenvalue weighted by Gasteiger charge is -2.13. The van der Waals surface area contributed by atoms with E-state index in [1.807, 2.05) is 30.3 Å². The highest BCUT2D eigenvalue weighted by molar-refractivity contribution is 6.30. The minimum atomic E-state index is -0.514. The number of halogens is 1. The predicted octanol–water partition coefficient (Wildman–Crippen LogP) is 6.43. The molecule has 0 atom stereocenters. The molecule has 0 unspecified atom stereocenters. The molecule has 5 nitrogen and oxygen atoms in total. The first-order chi connectivity index (χ1) is 16.6. The van der Waals surface area contributed by atoms with Crippen LogP contribution < -0.4 is 9.47 Å². The van der Waals surface area contributed by atoms with Crippen molar-refractivity contribution in [3.05, 3.63) is 112 Å². The summed E-state index contributed by atoms with van der Waals surface area (Å²) >= 11 is 5.93. The van der Waals surface area contributed by atoms with Gasteiger partial charge in [-0.05, 0) is 64.4 Å². The van der Waals surface area contributed by atoms with Crippen molar-refractivity contribution in [1.29, 1.82) is 0 Å². The number of hydrogen-bond acceptors (Lipinski definition) is 5. The molecule has 34 heavy (non-hydrogen) atoms. The average Bonchev–Trinajstić information content (AvgIpc) is 3.23. The Hall–Kier alpha value is -4.09. The minimum absolute atomic E-state index is 0.205. The number of ether oxygens (including phenoxy) is 3. The number of carbonyl (C=O) groups excluding carboxylic acids is 1. The van der Waals surface area contributed by atoms with E-state index in [1.54, 1.807) is 43.5 Å². The fourth-order valence-corrected chi connectivity index (χ4v) is 3.88. The number of aliphatic imine (C=N–C) groups is 1. The topological polar surface area (TPSA) is 57.1 Å². The molecule has 0 aliphatic carbocycles. The highest BCUT2D eigenvalue weighted by Crippen LogP contribution is 2.31. The van der Waals surface area contributed by atoms with Crippen LogP contribution in [0, 0.1) is 0 Å². The summed E-state index contributed by atoms with van der Waals surface area (Å²) in [6.45, 7) is 0.402. The van der Waals surface area contributed by atoms with E-state index in [4.69, 9.17) is 25.8 Å². The highest BCUT2D eigenvalue weighted by atomic mass is 35.5. The van der Waals surface area contributed by atoms with Crippen LogP contribution in [0.2, 0.25) is 5.02 Å². The van der Waals surface area contributed by atoms with Crippen molar-refractivity contribution in [3.8, 4) is 11.5 Å². The lowest BCUT2D eigenvalue weighted by Crippen LogP contribution is -2.05. The zero-order valence-corrected chi connectivity index (χ0v) is 19.1. The van der Waals surface area contributed by atoms with E-state index < -0.39 is 5.97 Å². The van der Waals surface area contributed by atoms with Gasteiger partial charge in [-0.3, -0.25) is 0 Å². The summed E-state index contributed by atoms with van der Waals surface area (Å²) < 4.78 is 16.9. The van der Waals surface area contributed by atoms with E-state index in [1.165, 1.54) is 5.39 Å². The van der Waals surface area contributed by atoms with Gasteiger partial charge in [-0.25, -0.2) is 9.79 Å². The van der Waals surface area contributed by atoms with Gasteiger partial charge in [-0.2, -0.15) is 0 Å². The summed E-state index contributed by atoms with van der Waals surface area (Å²) in [5.41, 5.74) is 2.71. The van der Waals surface area contributed by atoms with Crippen LogP contribution in [0.1, 0.15) is 16.7 Å². The zero-order chi connectivity index (χ0) is 23.5. The number of benzene rings is 4. The summed E-state index contributed by atoms with van der Waals surface area (Å²) in [5.74, 6) is 0.898. The maximum absolute atomic E-state index is 12.3. The Morgan fingerprint density at radius 2 is 1.74 bits per heavy atom. The zero-order valence-electron chi connectivity index (χ0n) is 18.3. The first-order valence-electron chi connectivity index (χ1n) is 10.7.